The number of hydrogen-bond donors (Lipinski definition) is 2. The number of hydrogen-bond acceptors (Lipinski definition) is 3. The number of nitrogens with one attached hydrogen (secondary N) is 2. The van der Waals surface area contributed by atoms with E-state index in [1.807, 2.05) is 51.1 Å². The molecule has 0 saturated heterocycles. The maximum absolute atomic E-state index is 13.1. The van der Waals surface area contributed by atoms with Gasteiger partial charge in [0.2, 0.25) is 5.91 Å². The largest absolute Gasteiger partial charge is 0.355 e. The van der Waals surface area contributed by atoms with Gasteiger partial charge in [-0.3, -0.25) is 14.4 Å². The number of carbonyl (C=O) groups excluding carboxylic acids is 3. The summed E-state index contributed by atoms with van der Waals surface area (Å²) in [5.41, 5.74) is 2.92. The molecule has 0 aromatic heterocycles. The maximum atomic E-state index is 13.1. The molecular weight excluding hydrogens is 378 g/mol. The van der Waals surface area contributed by atoms with Crippen LogP contribution in [0.4, 0.5) is 0 Å². The number of nitrogens with zero attached hydrogens (tertiary/aromatic N) is 1. The van der Waals surface area contributed by atoms with Gasteiger partial charge >= 0.3 is 0 Å². The molecule has 0 unspecified atom stereocenters. The van der Waals surface area contributed by atoms with Crippen molar-refractivity contribution in [1.29, 1.82) is 0 Å². The lowest BCUT2D eigenvalue weighted by molar-refractivity contribution is -0.132. The van der Waals surface area contributed by atoms with Crippen molar-refractivity contribution in [3.05, 3.63) is 70.8 Å². The van der Waals surface area contributed by atoms with Gasteiger partial charge in [-0.05, 0) is 48.6 Å². The van der Waals surface area contributed by atoms with Crippen LogP contribution in [0.2, 0.25) is 0 Å². The van der Waals surface area contributed by atoms with E-state index in [1.54, 1.807) is 37.2 Å². The van der Waals surface area contributed by atoms with E-state index in [1.165, 1.54) is 0 Å². The van der Waals surface area contributed by atoms with E-state index in [0.717, 1.165) is 11.1 Å². The molecule has 0 radical (unpaired) electrons. The Hall–Kier alpha value is -3.15. The Bertz CT molecular complexity index is 891. The van der Waals surface area contributed by atoms with E-state index in [4.69, 9.17) is 0 Å². The minimum Gasteiger partial charge on any atom is -0.355 e. The Kier molecular flexibility index (Phi) is 8.16. The fourth-order valence-corrected chi connectivity index (χ4v) is 3.28. The summed E-state index contributed by atoms with van der Waals surface area (Å²) in [4.78, 5) is 39.1. The maximum Gasteiger partial charge on any atom is 0.252 e. The Morgan fingerprint density at radius 1 is 0.967 bits per heavy atom. The minimum atomic E-state index is -0.604. The van der Waals surface area contributed by atoms with Crippen LogP contribution in [0, 0.1) is 12.8 Å². The van der Waals surface area contributed by atoms with Gasteiger partial charge in [-0.25, -0.2) is 0 Å². The van der Waals surface area contributed by atoms with Gasteiger partial charge in [0.15, 0.2) is 0 Å². The summed E-state index contributed by atoms with van der Waals surface area (Å²) in [6.45, 7) is 6.32. The second-order valence-electron chi connectivity index (χ2n) is 7.94. The lowest BCUT2D eigenvalue weighted by atomic mass is 10.0. The quantitative estimate of drug-likeness (QED) is 0.703. The van der Waals surface area contributed by atoms with Crippen LogP contribution in [0.1, 0.15) is 52.1 Å². The summed E-state index contributed by atoms with van der Waals surface area (Å²) in [7, 11) is 3.31. The molecule has 0 bridgehead atoms. The molecule has 2 aromatic carbocycles. The monoisotopic (exact) mass is 409 g/mol. The lowest BCUT2D eigenvalue weighted by Crippen LogP contribution is -2.47. The summed E-state index contributed by atoms with van der Waals surface area (Å²) in [5, 5.41) is 5.51. The molecule has 0 aliphatic carbocycles. The van der Waals surface area contributed by atoms with Gasteiger partial charge in [0.1, 0.15) is 6.04 Å². The van der Waals surface area contributed by atoms with Gasteiger partial charge in [-0.2, -0.15) is 0 Å². The van der Waals surface area contributed by atoms with Crippen molar-refractivity contribution in [3.63, 3.8) is 0 Å². The Balaban J connectivity index is 2.10. The van der Waals surface area contributed by atoms with Crippen LogP contribution in [0.5, 0.6) is 0 Å². The molecule has 6 heteroatoms. The van der Waals surface area contributed by atoms with E-state index in [2.05, 4.69) is 10.6 Å². The van der Waals surface area contributed by atoms with Crippen molar-refractivity contribution in [2.45, 2.75) is 39.8 Å². The van der Waals surface area contributed by atoms with Crippen LogP contribution in [-0.4, -0.2) is 42.8 Å². The molecule has 3 amide bonds. The molecule has 0 saturated carbocycles. The fourth-order valence-electron chi connectivity index (χ4n) is 3.28. The second-order valence-corrected chi connectivity index (χ2v) is 7.94. The van der Waals surface area contributed by atoms with Gasteiger partial charge in [-0.1, -0.05) is 44.2 Å². The Morgan fingerprint density at radius 2 is 1.60 bits per heavy atom. The Labute approximate surface area is 178 Å². The topological polar surface area (TPSA) is 78.5 Å². The first-order valence-electron chi connectivity index (χ1n) is 10.2. The first-order chi connectivity index (χ1) is 14.2. The van der Waals surface area contributed by atoms with E-state index in [0.29, 0.717) is 24.1 Å². The summed E-state index contributed by atoms with van der Waals surface area (Å²) < 4.78 is 0. The van der Waals surface area contributed by atoms with Crippen molar-refractivity contribution in [2.75, 3.05) is 14.1 Å². The van der Waals surface area contributed by atoms with Crippen LogP contribution in [0.3, 0.4) is 0 Å². The molecule has 0 fully saturated rings. The van der Waals surface area contributed by atoms with Crippen molar-refractivity contribution < 1.29 is 14.4 Å². The van der Waals surface area contributed by atoms with Gasteiger partial charge in [0, 0.05) is 31.8 Å². The molecule has 1 atom stereocenters. The third-order valence-electron chi connectivity index (χ3n) is 4.94. The molecule has 0 aliphatic heterocycles. The van der Waals surface area contributed by atoms with Crippen LogP contribution >= 0.6 is 0 Å². The number of amides is 3. The average Bonchev–Trinajstić information content (AvgIpc) is 2.72. The summed E-state index contributed by atoms with van der Waals surface area (Å²) in [5.74, 6) is -0.283. The SMILES string of the molecule is CNC(=O)c1ccc(CN(C)C(=O)[C@H](CC(C)C)NC(=O)c2ccccc2C)cc1. The highest BCUT2D eigenvalue weighted by Gasteiger charge is 2.26. The molecule has 2 aromatic rings. The zero-order valence-corrected chi connectivity index (χ0v) is 18.4. The van der Waals surface area contributed by atoms with Crippen LogP contribution in [0.25, 0.3) is 0 Å². The van der Waals surface area contributed by atoms with Crippen molar-refractivity contribution in [1.82, 2.24) is 15.5 Å². The summed E-state index contributed by atoms with van der Waals surface area (Å²) >= 11 is 0. The predicted molar refractivity (Wildman–Crippen MR) is 118 cm³/mol. The standard InChI is InChI=1S/C24H31N3O3/c1-16(2)14-21(26-23(29)20-9-7-6-8-17(20)3)24(30)27(5)15-18-10-12-19(13-11-18)22(28)25-4/h6-13,16,21H,14-15H2,1-5H3,(H,25,28)(H,26,29)/t21-/m0/s1. The number of benzene rings is 2. The van der Waals surface area contributed by atoms with Crippen molar-refractivity contribution in [3.8, 4) is 0 Å². The molecule has 6 nitrogen and oxygen atoms in total. The molecule has 0 aliphatic rings. The van der Waals surface area contributed by atoms with E-state index in [9.17, 15) is 14.4 Å². The average molecular weight is 410 g/mol. The van der Waals surface area contributed by atoms with Crippen LogP contribution < -0.4 is 10.6 Å². The first-order valence-corrected chi connectivity index (χ1v) is 10.2. The molecular formula is C24H31N3O3. The number of aryl methyl sites for hydroxylation is 1. The first kappa shape index (κ1) is 23.1. The van der Waals surface area contributed by atoms with E-state index >= 15 is 0 Å². The third-order valence-corrected chi connectivity index (χ3v) is 4.94. The van der Waals surface area contributed by atoms with E-state index < -0.39 is 6.04 Å². The summed E-state index contributed by atoms with van der Waals surface area (Å²) in [6, 6.07) is 13.9. The number of likely N-dealkylation sites (N-methyl/N-ethyl adjacent to an activating group) is 1. The molecule has 2 N–H and O–H groups in total. The minimum absolute atomic E-state index is 0.138. The Morgan fingerprint density at radius 3 is 2.17 bits per heavy atom. The number of carbonyl (C=O) groups is 3. The molecule has 160 valence electrons. The van der Waals surface area contributed by atoms with Gasteiger partial charge < -0.3 is 15.5 Å². The highest BCUT2D eigenvalue weighted by atomic mass is 16.2. The lowest BCUT2D eigenvalue weighted by Gasteiger charge is -2.26. The van der Waals surface area contributed by atoms with Gasteiger partial charge in [-0.15, -0.1) is 0 Å². The highest BCUT2D eigenvalue weighted by Crippen LogP contribution is 2.13. The zero-order chi connectivity index (χ0) is 22.3. The number of rotatable bonds is 8. The third kappa shape index (κ3) is 6.17. The molecule has 2 rings (SSSR count). The van der Waals surface area contributed by atoms with Crippen molar-refractivity contribution in [2.24, 2.45) is 5.92 Å². The van der Waals surface area contributed by atoms with Crippen LogP contribution in [0.15, 0.2) is 48.5 Å². The fraction of sp³-hybridized carbons (Fsp3) is 0.375. The molecule has 0 spiro atoms. The predicted octanol–water partition coefficient (Wildman–Crippen LogP) is 3.16. The zero-order valence-electron chi connectivity index (χ0n) is 18.4. The van der Waals surface area contributed by atoms with E-state index in [-0.39, 0.29) is 23.6 Å². The van der Waals surface area contributed by atoms with Gasteiger partial charge in [0.05, 0.1) is 0 Å². The molecule has 30 heavy (non-hydrogen) atoms. The van der Waals surface area contributed by atoms with Crippen molar-refractivity contribution >= 4 is 17.7 Å². The highest BCUT2D eigenvalue weighted by molar-refractivity contribution is 5.98. The normalized spacial score (nSPS) is 11.7. The second kappa shape index (κ2) is 10.6. The van der Waals surface area contributed by atoms with Gasteiger partial charge in [0.25, 0.3) is 11.8 Å². The smallest absolute Gasteiger partial charge is 0.252 e. The molecule has 0 heterocycles. The van der Waals surface area contributed by atoms with Crippen LogP contribution in [-0.2, 0) is 11.3 Å². The summed E-state index contributed by atoms with van der Waals surface area (Å²) in [6.07, 6.45) is 0.552.